The minimum absolute atomic E-state index is 0.0716. The van der Waals surface area contributed by atoms with Gasteiger partial charge in [0.25, 0.3) is 0 Å². The number of rotatable bonds is 11. The maximum atomic E-state index is 14.2. The van der Waals surface area contributed by atoms with Crippen molar-refractivity contribution in [1.82, 2.24) is 5.32 Å². The van der Waals surface area contributed by atoms with Crippen molar-refractivity contribution in [3.63, 3.8) is 0 Å². The monoisotopic (exact) mass is 626 g/mol. The van der Waals surface area contributed by atoms with Gasteiger partial charge in [-0.25, -0.2) is 9.59 Å². The van der Waals surface area contributed by atoms with Crippen molar-refractivity contribution in [3.8, 4) is 0 Å². The summed E-state index contributed by atoms with van der Waals surface area (Å²) in [5.74, 6) is -0.902. The Kier molecular flexibility index (Phi) is 7.16. The summed E-state index contributed by atoms with van der Waals surface area (Å²) in [5, 5.41) is 4.04. The molecule has 4 aromatic carbocycles. The van der Waals surface area contributed by atoms with E-state index in [1.54, 1.807) is 24.3 Å². The molecule has 2 saturated carbocycles. The zero-order valence-corrected chi connectivity index (χ0v) is 27.0. The lowest BCUT2D eigenvalue weighted by Gasteiger charge is -2.68. The van der Waals surface area contributed by atoms with Crippen LogP contribution in [0.3, 0.4) is 0 Å². The second-order valence-corrected chi connectivity index (χ2v) is 13.7. The van der Waals surface area contributed by atoms with Crippen LogP contribution in [0.1, 0.15) is 82.5 Å². The van der Waals surface area contributed by atoms with E-state index in [0.717, 1.165) is 37.8 Å². The quantitative estimate of drug-likeness (QED) is 0.143. The maximum Gasteiger partial charge on any atom is 0.338 e. The van der Waals surface area contributed by atoms with Crippen molar-refractivity contribution < 1.29 is 19.1 Å². The maximum absolute atomic E-state index is 14.2. The summed E-state index contributed by atoms with van der Waals surface area (Å²) in [6.07, 6.45) is 2.13. The van der Waals surface area contributed by atoms with Crippen LogP contribution >= 0.6 is 0 Å². The Morgan fingerprint density at radius 3 is 1.85 bits per heavy atom. The molecule has 3 N–H and O–H groups in total. The Hall–Kier alpha value is -4.26. The second kappa shape index (κ2) is 11.2. The van der Waals surface area contributed by atoms with Crippen molar-refractivity contribution in [2.75, 3.05) is 6.54 Å². The molecule has 6 nitrogen and oxygen atoms in total. The molecule has 0 heterocycles. The van der Waals surface area contributed by atoms with Gasteiger partial charge in [0.05, 0.1) is 22.1 Å². The van der Waals surface area contributed by atoms with Crippen molar-refractivity contribution >= 4 is 11.9 Å². The molecule has 4 aromatic rings. The molecule has 0 saturated heterocycles. The molecule has 7 unspecified atom stereocenters. The minimum Gasteiger partial charge on any atom is -0.454 e. The van der Waals surface area contributed by atoms with E-state index in [4.69, 9.17) is 15.2 Å². The summed E-state index contributed by atoms with van der Waals surface area (Å²) in [7, 11) is 0. The first-order valence-corrected chi connectivity index (χ1v) is 17.2. The Bertz CT molecular complexity index is 1830. The first-order valence-electron chi connectivity index (χ1n) is 17.2. The van der Waals surface area contributed by atoms with Crippen molar-refractivity contribution in [1.29, 1.82) is 0 Å². The highest BCUT2D eigenvalue weighted by Crippen LogP contribution is 2.86. The first kappa shape index (κ1) is 30.1. The third kappa shape index (κ3) is 3.80. The normalized spacial score (nSPS) is 30.9. The molecule has 4 aliphatic carbocycles. The fourth-order valence-corrected chi connectivity index (χ4v) is 10.2. The summed E-state index contributed by atoms with van der Waals surface area (Å²) in [6.45, 7) is 5.18. The Morgan fingerprint density at radius 2 is 1.26 bits per heavy atom. The molecule has 4 aliphatic rings. The smallest absolute Gasteiger partial charge is 0.338 e. The molecule has 0 aromatic heterocycles. The fourth-order valence-electron chi connectivity index (χ4n) is 10.2. The number of carbonyl (C=O) groups is 2. The lowest BCUT2D eigenvalue weighted by Crippen LogP contribution is -2.78. The Balaban J connectivity index is 1.39. The molecule has 8 rings (SSSR count). The molecular formula is C41H42N2O4. The largest absolute Gasteiger partial charge is 0.454 e. The van der Waals surface area contributed by atoms with Crippen LogP contribution in [-0.2, 0) is 25.8 Å². The van der Waals surface area contributed by atoms with Gasteiger partial charge in [-0.3, -0.25) is 0 Å². The molecule has 6 heteroatoms. The van der Waals surface area contributed by atoms with E-state index in [0.29, 0.717) is 11.1 Å². The lowest BCUT2D eigenvalue weighted by atomic mass is 9.36. The van der Waals surface area contributed by atoms with Crippen LogP contribution < -0.4 is 11.1 Å². The van der Waals surface area contributed by atoms with Gasteiger partial charge < -0.3 is 20.5 Å². The topological polar surface area (TPSA) is 90.7 Å². The molecule has 2 fully saturated rings. The van der Waals surface area contributed by atoms with Crippen LogP contribution in [0.5, 0.6) is 0 Å². The SMILES string of the molecule is CCCCNC12c3ccccc3C34c5ccccc5C3(C(N)CCC)C(OC(=O)c3ccccc3)C(OC(=O)c3ccccc3)[C@@H]1C24. The van der Waals surface area contributed by atoms with Gasteiger partial charge in [0.1, 0.15) is 6.10 Å². The number of benzene rings is 4. The van der Waals surface area contributed by atoms with E-state index in [9.17, 15) is 9.59 Å². The van der Waals surface area contributed by atoms with Gasteiger partial charge in [-0.15, -0.1) is 0 Å². The zero-order valence-electron chi connectivity index (χ0n) is 27.0. The van der Waals surface area contributed by atoms with Crippen LogP contribution in [-0.4, -0.2) is 36.7 Å². The van der Waals surface area contributed by atoms with Gasteiger partial charge in [0.2, 0.25) is 0 Å². The molecular weight excluding hydrogens is 584 g/mol. The molecule has 240 valence electrons. The van der Waals surface area contributed by atoms with E-state index in [2.05, 4.69) is 67.7 Å². The van der Waals surface area contributed by atoms with Gasteiger partial charge in [0, 0.05) is 23.3 Å². The van der Waals surface area contributed by atoms with Gasteiger partial charge in [-0.05, 0) is 65.9 Å². The van der Waals surface area contributed by atoms with Crippen LogP contribution in [0.15, 0.2) is 109 Å². The molecule has 0 bridgehead atoms. The Morgan fingerprint density at radius 1 is 0.723 bits per heavy atom. The summed E-state index contributed by atoms with van der Waals surface area (Å²) in [6, 6.07) is 35.2. The van der Waals surface area contributed by atoms with E-state index in [1.165, 1.54) is 16.7 Å². The highest BCUT2D eigenvalue weighted by Gasteiger charge is 2.93. The standard InChI is InChI=1S/C41H42N2O4/c1-3-5-25-43-41-31-24-15-14-23-30(31)39-28-21-12-13-22-29(28)40(39,32(42)16-4-2)36(47-38(45)27-19-10-7-11-20-27)34(33(41)35(39)41)46-37(44)26-17-8-6-9-18-26/h6-15,17-24,32-36,43H,3-5,16,25,42H2,1-2H3/t32?,33-,34?,35?,36?,39?,40?,41?/m1/s1. The van der Waals surface area contributed by atoms with Gasteiger partial charge >= 0.3 is 11.9 Å². The van der Waals surface area contributed by atoms with Crippen LogP contribution in [0.4, 0.5) is 0 Å². The highest BCUT2D eigenvalue weighted by molar-refractivity contribution is 5.91. The summed E-state index contributed by atoms with van der Waals surface area (Å²) in [5.41, 5.74) is 11.5. The van der Waals surface area contributed by atoms with E-state index < -0.39 is 40.5 Å². The number of esters is 2. The molecule has 0 radical (unpaired) electrons. The molecule has 47 heavy (non-hydrogen) atoms. The average Bonchev–Trinajstić information content (AvgIpc) is 3.68. The summed E-state index contributed by atoms with van der Waals surface area (Å²) < 4.78 is 13.5. The first-order chi connectivity index (χ1) is 23.0. The van der Waals surface area contributed by atoms with Gasteiger partial charge in [0.15, 0.2) is 6.10 Å². The highest BCUT2D eigenvalue weighted by atomic mass is 16.6. The number of hydrogen-bond donors (Lipinski definition) is 2. The number of fused-ring (bicyclic) bond motifs is 5. The number of carbonyl (C=O) groups excluding carboxylic acids is 2. The number of hydrogen-bond acceptors (Lipinski definition) is 6. The van der Waals surface area contributed by atoms with E-state index in [1.807, 2.05) is 36.4 Å². The lowest BCUT2D eigenvalue weighted by molar-refractivity contribution is -0.131. The minimum atomic E-state index is -0.826. The molecule has 0 aliphatic heterocycles. The number of nitrogens with one attached hydrogen (secondary N) is 1. The predicted molar refractivity (Wildman–Crippen MR) is 181 cm³/mol. The third-order valence-electron chi connectivity index (χ3n) is 11.7. The summed E-state index contributed by atoms with van der Waals surface area (Å²) in [4.78, 5) is 28.2. The number of unbranched alkanes of at least 4 members (excludes halogenated alkanes) is 1. The van der Waals surface area contributed by atoms with Crippen LogP contribution in [0.2, 0.25) is 0 Å². The molecule has 1 spiro atoms. The average molecular weight is 627 g/mol. The summed E-state index contributed by atoms with van der Waals surface area (Å²) >= 11 is 0. The zero-order chi connectivity index (χ0) is 32.4. The van der Waals surface area contributed by atoms with Crippen molar-refractivity contribution in [3.05, 3.63) is 143 Å². The predicted octanol–water partition coefficient (Wildman–Crippen LogP) is 6.66. The van der Waals surface area contributed by atoms with Crippen molar-refractivity contribution in [2.24, 2.45) is 17.6 Å². The van der Waals surface area contributed by atoms with E-state index >= 15 is 0 Å². The molecule has 8 atom stereocenters. The van der Waals surface area contributed by atoms with Crippen molar-refractivity contribution in [2.45, 2.75) is 74.1 Å². The van der Waals surface area contributed by atoms with Gasteiger partial charge in [-0.2, -0.15) is 0 Å². The second-order valence-electron chi connectivity index (χ2n) is 13.7. The number of nitrogens with two attached hydrogens (primary N) is 1. The Labute approximate surface area is 276 Å². The van der Waals surface area contributed by atoms with Crippen LogP contribution in [0.25, 0.3) is 0 Å². The van der Waals surface area contributed by atoms with Gasteiger partial charge in [-0.1, -0.05) is 112 Å². The fraction of sp³-hybridized carbons (Fsp3) is 0.366. The molecule has 0 amide bonds. The third-order valence-corrected chi connectivity index (χ3v) is 11.7. The number of ether oxygens (including phenoxy) is 2. The van der Waals surface area contributed by atoms with E-state index in [-0.39, 0.29) is 17.9 Å². The van der Waals surface area contributed by atoms with Crippen LogP contribution in [0, 0.1) is 11.8 Å².